The molecule has 9 nitrogen and oxygen atoms in total. The topological polar surface area (TPSA) is 134 Å². The van der Waals surface area contributed by atoms with E-state index in [2.05, 4.69) is 0 Å². The van der Waals surface area contributed by atoms with E-state index in [1.54, 1.807) is 37.4 Å². The molecule has 3 heterocycles. The van der Waals surface area contributed by atoms with Gasteiger partial charge in [0.1, 0.15) is 22.5 Å². The summed E-state index contributed by atoms with van der Waals surface area (Å²) >= 11 is 0. The molecule has 0 aliphatic heterocycles. The normalized spacial score (nSPS) is 9.69. The third kappa shape index (κ3) is 8.24. The molecule has 0 unspecified atom stereocenters. The van der Waals surface area contributed by atoms with E-state index in [9.17, 15) is 14.4 Å². The van der Waals surface area contributed by atoms with Crippen molar-refractivity contribution in [2.24, 2.45) is 0 Å². The Hall–Kier alpha value is -5.53. The summed E-state index contributed by atoms with van der Waals surface area (Å²) in [6.45, 7) is 1.96. The van der Waals surface area contributed by atoms with E-state index in [0.29, 0.717) is 22.5 Å². The van der Waals surface area contributed by atoms with Crippen LogP contribution in [0.15, 0.2) is 125 Å². The van der Waals surface area contributed by atoms with Crippen molar-refractivity contribution >= 4 is 39.1 Å². The van der Waals surface area contributed by atoms with Crippen molar-refractivity contribution in [3.8, 4) is 5.75 Å². The van der Waals surface area contributed by atoms with E-state index < -0.39 is 0 Å². The maximum Gasteiger partial charge on any atom is 0.373 e. The van der Waals surface area contributed by atoms with Crippen LogP contribution in [0.1, 0.15) is 5.56 Å². The fourth-order valence-corrected chi connectivity index (χ4v) is 3.35. The molecule has 6 rings (SSSR count). The van der Waals surface area contributed by atoms with E-state index in [4.69, 9.17) is 27.6 Å². The summed E-state index contributed by atoms with van der Waals surface area (Å²) in [4.78, 5) is 48.7. The molecule has 9 heteroatoms. The minimum atomic E-state index is -0.347. The van der Waals surface area contributed by atoms with E-state index in [0.717, 1.165) is 21.7 Å². The Kier molecular flexibility index (Phi) is 9.84. The number of hydrogen-bond donors (Lipinski definition) is 0. The molecule has 0 atom stereocenters. The standard InChI is InChI=1S/C10H8O3.C10H8O2.C9H6O2.CO2/c1-12-8-4-2-7-3-5-10(11)13-9(7)6-8;1-7-2-3-8-4-5-10(11)12-9(8)6-7;10-9-6-5-7-3-1-2-4-8(7)11-9;2-1-3/h2-6H,1H3;2-6H,1H3;1-6H;. The van der Waals surface area contributed by atoms with Crippen LogP contribution in [0.3, 0.4) is 0 Å². The lowest BCUT2D eigenvalue weighted by Crippen LogP contribution is -1.94. The number of aryl methyl sites for hydroxylation is 1. The van der Waals surface area contributed by atoms with Gasteiger partial charge in [-0.2, -0.15) is 9.59 Å². The Balaban J connectivity index is 0.000000154. The van der Waals surface area contributed by atoms with Crippen molar-refractivity contribution in [1.82, 2.24) is 0 Å². The van der Waals surface area contributed by atoms with E-state index >= 15 is 0 Å². The molecule has 0 saturated heterocycles. The summed E-state index contributed by atoms with van der Waals surface area (Å²) in [5, 5.41) is 2.80. The second-order valence-electron chi connectivity index (χ2n) is 7.83. The van der Waals surface area contributed by atoms with Gasteiger partial charge in [0.25, 0.3) is 0 Å². The largest absolute Gasteiger partial charge is 0.497 e. The van der Waals surface area contributed by atoms with E-state index in [1.165, 1.54) is 18.2 Å². The average molecular weight is 526 g/mol. The van der Waals surface area contributed by atoms with Gasteiger partial charge in [-0.05, 0) is 55.0 Å². The lowest BCUT2D eigenvalue weighted by molar-refractivity contribution is -0.191. The van der Waals surface area contributed by atoms with Crippen molar-refractivity contribution in [3.63, 3.8) is 0 Å². The fourth-order valence-electron chi connectivity index (χ4n) is 3.35. The van der Waals surface area contributed by atoms with Gasteiger partial charge >= 0.3 is 23.0 Å². The molecular formula is C30H22O9. The summed E-state index contributed by atoms with van der Waals surface area (Å²) in [5.41, 5.74) is 1.99. The average Bonchev–Trinajstić information content (AvgIpc) is 2.93. The molecule has 3 aromatic heterocycles. The summed E-state index contributed by atoms with van der Waals surface area (Å²) in [6, 6.07) is 28.0. The second-order valence-corrected chi connectivity index (χ2v) is 7.83. The van der Waals surface area contributed by atoms with E-state index in [-0.39, 0.29) is 23.0 Å². The quantitative estimate of drug-likeness (QED) is 0.268. The molecule has 0 fully saturated rings. The lowest BCUT2D eigenvalue weighted by atomic mass is 10.2. The first-order valence-corrected chi connectivity index (χ1v) is 11.4. The number of ether oxygens (including phenoxy) is 1. The van der Waals surface area contributed by atoms with Gasteiger partial charge in [-0.1, -0.05) is 30.3 Å². The van der Waals surface area contributed by atoms with Gasteiger partial charge in [0, 0.05) is 40.4 Å². The maximum absolute atomic E-state index is 10.9. The highest BCUT2D eigenvalue weighted by Crippen LogP contribution is 2.18. The molecule has 0 radical (unpaired) electrons. The Bertz CT molecular complexity index is 1910. The number of methoxy groups -OCH3 is 1. The molecule has 6 aromatic rings. The van der Waals surface area contributed by atoms with Crippen molar-refractivity contribution in [2.45, 2.75) is 6.92 Å². The van der Waals surface area contributed by atoms with Gasteiger partial charge in [-0.25, -0.2) is 14.4 Å². The first-order chi connectivity index (χ1) is 18.8. The molecule has 3 aromatic carbocycles. The molecule has 0 saturated carbocycles. The first kappa shape index (κ1) is 28.0. The van der Waals surface area contributed by atoms with Crippen LogP contribution < -0.4 is 21.6 Å². The van der Waals surface area contributed by atoms with Gasteiger partial charge in [0.05, 0.1) is 7.11 Å². The number of fused-ring (bicyclic) bond motifs is 3. The van der Waals surface area contributed by atoms with Crippen LogP contribution in [0.2, 0.25) is 0 Å². The predicted octanol–water partition coefficient (Wildman–Crippen LogP) is 5.11. The van der Waals surface area contributed by atoms with Crippen molar-refractivity contribution in [2.75, 3.05) is 7.11 Å². The van der Waals surface area contributed by atoms with Gasteiger partial charge < -0.3 is 18.0 Å². The number of para-hydroxylation sites is 1. The number of benzene rings is 3. The monoisotopic (exact) mass is 526 g/mol. The molecular weight excluding hydrogens is 504 g/mol. The Labute approximate surface area is 220 Å². The van der Waals surface area contributed by atoms with Gasteiger partial charge in [0.15, 0.2) is 0 Å². The molecule has 39 heavy (non-hydrogen) atoms. The third-order valence-electron chi connectivity index (χ3n) is 5.14. The first-order valence-electron chi connectivity index (χ1n) is 11.4. The van der Waals surface area contributed by atoms with Crippen molar-refractivity contribution < 1.29 is 27.6 Å². The van der Waals surface area contributed by atoms with Crippen LogP contribution in [0.25, 0.3) is 32.9 Å². The SMILES string of the molecule is COc1ccc2ccc(=O)oc2c1.Cc1ccc2ccc(=O)oc2c1.O=C=O.O=c1ccc2ccccc2o1. The molecule has 196 valence electrons. The fraction of sp³-hybridized carbons (Fsp3) is 0.0667. The minimum absolute atomic E-state index is 0.250. The number of hydrogen-bond acceptors (Lipinski definition) is 9. The predicted molar refractivity (Wildman–Crippen MR) is 144 cm³/mol. The van der Waals surface area contributed by atoms with Crippen LogP contribution in [0.4, 0.5) is 0 Å². The summed E-state index contributed by atoms with van der Waals surface area (Å²) in [7, 11) is 1.57. The van der Waals surface area contributed by atoms with Gasteiger partial charge in [0.2, 0.25) is 0 Å². The van der Waals surface area contributed by atoms with Crippen molar-refractivity contribution in [3.05, 3.63) is 134 Å². The molecule has 0 bridgehead atoms. The zero-order valence-electron chi connectivity index (χ0n) is 20.9. The molecule has 0 aliphatic carbocycles. The van der Waals surface area contributed by atoms with Crippen LogP contribution in [-0.2, 0) is 9.59 Å². The molecule has 0 N–H and O–H groups in total. The zero-order valence-corrected chi connectivity index (χ0v) is 20.9. The summed E-state index contributed by atoms with van der Waals surface area (Å²) in [6.07, 6.45) is 0.250. The number of carbonyl (C=O) groups excluding carboxylic acids is 2. The molecule has 0 amide bonds. The zero-order chi connectivity index (χ0) is 28.2. The summed E-state index contributed by atoms with van der Waals surface area (Å²) < 4.78 is 19.9. The highest BCUT2D eigenvalue weighted by molar-refractivity contribution is 5.78. The Morgan fingerprint density at radius 3 is 1.56 bits per heavy atom. The van der Waals surface area contributed by atoms with Crippen LogP contribution in [-0.4, -0.2) is 13.3 Å². The summed E-state index contributed by atoms with van der Waals surface area (Å²) in [5.74, 6) is 0.682. The van der Waals surface area contributed by atoms with E-state index in [1.807, 2.05) is 55.5 Å². The smallest absolute Gasteiger partial charge is 0.373 e. The minimum Gasteiger partial charge on any atom is -0.497 e. The van der Waals surface area contributed by atoms with Crippen LogP contribution in [0, 0.1) is 6.92 Å². The Morgan fingerprint density at radius 1 is 0.564 bits per heavy atom. The second kappa shape index (κ2) is 13.7. The molecule has 0 spiro atoms. The lowest BCUT2D eigenvalue weighted by Gasteiger charge is -1.99. The van der Waals surface area contributed by atoms with Gasteiger partial charge in [-0.3, -0.25) is 0 Å². The van der Waals surface area contributed by atoms with Crippen LogP contribution in [0.5, 0.6) is 5.75 Å². The van der Waals surface area contributed by atoms with Crippen molar-refractivity contribution in [1.29, 1.82) is 0 Å². The van der Waals surface area contributed by atoms with Crippen LogP contribution >= 0.6 is 0 Å². The molecule has 0 aliphatic rings. The highest BCUT2D eigenvalue weighted by atomic mass is 16.5. The highest BCUT2D eigenvalue weighted by Gasteiger charge is 1.98. The maximum atomic E-state index is 10.9. The number of rotatable bonds is 1. The Morgan fingerprint density at radius 2 is 1.00 bits per heavy atom. The van der Waals surface area contributed by atoms with Gasteiger partial charge in [-0.15, -0.1) is 0 Å². The third-order valence-corrected chi connectivity index (χ3v) is 5.14.